The van der Waals surface area contributed by atoms with Gasteiger partial charge < -0.3 is 0 Å². The molecule has 0 bridgehead atoms. The lowest BCUT2D eigenvalue weighted by molar-refractivity contribution is 0.0651. The number of hydrogen-bond donors (Lipinski definition) is 0. The topological polar surface area (TPSA) is 37.4 Å². The molecule has 106 valence electrons. The fraction of sp³-hybridized carbons (Fsp3) is 0.412. The number of benzene rings is 1. The van der Waals surface area contributed by atoms with E-state index in [0.29, 0.717) is 17.7 Å². The van der Waals surface area contributed by atoms with E-state index >= 15 is 0 Å². The first-order chi connectivity index (χ1) is 9.61. The Kier molecular flexibility index (Phi) is 4.72. The molecule has 0 aliphatic carbocycles. The van der Waals surface area contributed by atoms with Gasteiger partial charge in [0.1, 0.15) is 0 Å². The Labute approximate surface area is 120 Å². The van der Waals surface area contributed by atoms with Crippen LogP contribution in [0.2, 0.25) is 0 Å². The SMILES string of the molecule is CC(C)=CCCCCCN1C(=O)c2ccccc2C1=O. The normalized spacial score (nSPS) is 13.6. The van der Waals surface area contributed by atoms with Crippen molar-refractivity contribution in [2.75, 3.05) is 6.54 Å². The van der Waals surface area contributed by atoms with Gasteiger partial charge in [0.2, 0.25) is 0 Å². The van der Waals surface area contributed by atoms with Crippen LogP contribution in [0.25, 0.3) is 0 Å². The zero-order chi connectivity index (χ0) is 14.5. The average Bonchev–Trinajstić information content (AvgIpc) is 2.67. The molecular weight excluding hydrogens is 250 g/mol. The molecule has 0 radical (unpaired) electrons. The summed E-state index contributed by atoms with van der Waals surface area (Å²) in [5, 5.41) is 0. The Morgan fingerprint density at radius 3 is 2.15 bits per heavy atom. The second-order valence-electron chi connectivity index (χ2n) is 5.44. The minimum atomic E-state index is -0.144. The number of unbranched alkanes of at least 4 members (excludes halogenated alkanes) is 3. The first-order valence-electron chi connectivity index (χ1n) is 7.20. The predicted molar refractivity (Wildman–Crippen MR) is 79.7 cm³/mol. The molecule has 0 spiro atoms. The van der Waals surface area contributed by atoms with E-state index in [1.807, 2.05) is 0 Å². The molecule has 0 aromatic heterocycles. The smallest absolute Gasteiger partial charge is 0.261 e. The lowest BCUT2D eigenvalue weighted by Crippen LogP contribution is -2.30. The number of carbonyl (C=O) groups excluding carboxylic acids is 2. The average molecular weight is 271 g/mol. The summed E-state index contributed by atoms with van der Waals surface area (Å²) in [4.78, 5) is 25.6. The molecule has 3 heteroatoms. The summed E-state index contributed by atoms with van der Waals surface area (Å²) >= 11 is 0. The molecule has 1 heterocycles. The van der Waals surface area contributed by atoms with Crippen LogP contribution in [0.3, 0.4) is 0 Å². The van der Waals surface area contributed by atoms with Gasteiger partial charge in [-0.3, -0.25) is 14.5 Å². The number of rotatable bonds is 6. The van der Waals surface area contributed by atoms with Crippen molar-refractivity contribution in [1.82, 2.24) is 4.90 Å². The van der Waals surface area contributed by atoms with Gasteiger partial charge in [0.25, 0.3) is 11.8 Å². The molecule has 0 unspecified atom stereocenters. The summed E-state index contributed by atoms with van der Waals surface area (Å²) in [6.45, 7) is 4.72. The van der Waals surface area contributed by atoms with Gasteiger partial charge in [0, 0.05) is 6.54 Å². The van der Waals surface area contributed by atoms with Crippen LogP contribution in [-0.4, -0.2) is 23.3 Å². The van der Waals surface area contributed by atoms with Crippen molar-refractivity contribution in [3.8, 4) is 0 Å². The highest BCUT2D eigenvalue weighted by Crippen LogP contribution is 2.22. The van der Waals surface area contributed by atoms with Crippen LogP contribution in [0.1, 0.15) is 60.2 Å². The summed E-state index contributed by atoms with van der Waals surface area (Å²) in [6.07, 6.45) is 6.32. The molecule has 0 atom stereocenters. The van der Waals surface area contributed by atoms with Crippen molar-refractivity contribution in [1.29, 1.82) is 0 Å². The molecule has 1 aromatic carbocycles. The van der Waals surface area contributed by atoms with E-state index in [2.05, 4.69) is 19.9 Å². The van der Waals surface area contributed by atoms with Crippen molar-refractivity contribution in [3.63, 3.8) is 0 Å². The third kappa shape index (κ3) is 3.16. The van der Waals surface area contributed by atoms with Crippen LogP contribution in [0.15, 0.2) is 35.9 Å². The monoisotopic (exact) mass is 271 g/mol. The second kappa shape index (κ2) is 6.51. The van der Waals surface area contributed by atoms with Gasteiger partial charge in [-0.05, 0) is 45.2 Å². The van der Waals surface area contributed by atoms with Gasteiger partial charge in [-0.2, -0.15) is 0 Å². The van der Waals surface area contributed by atoms with Crippen LogP contribution in [0.5, 0.6) is 0 Å². The molecule has 0 saturated carbocycles. The Bertz CT molecular complexity index is 507. The lowest BCUT2D eigenvalue weighted by Gasteiger charge is -2.13. The maximum atomic E-state index is 12.1. The molecule has 0 N–H and O–H groups in total. The second-order valence-corrected chi connectivity index (χ2v) is 5.44. The number of nitrogens with zero attached hydrogens (tertiary/aromatic N) is 1. The molecule has 1 aliphatic rings. The third-order valence-electron chi connectivity index (χ3n) is 3.52. The van der Waals surface area contributed by atoms with Crippen LogP contribution in [0, 0.1) is 0 Å². The van der Waals surface area contributed by atoms with Crippen LogP contribution < -0.4 is 0 Å². The van der Waals surface area contributed by atoms with Gasteiger partial charge in [-0.25, -0.2) is 0 Å². The molecule has 0 saturated heterocycles. The number of fused-ring (bicyclic) bond motifs is 1. The summed E-state index contributed by atoms with van der Waals surface area (Å²) in [6, 6.07) is 7.05. The van der Waals surface area contributed by atoms with E-state index in [4.69, 9.17) is 0 Å². The largest absolute Gasteiger partial charge is 0.274 e. The van der Waals surface area contributed by atoms with Crippen LogP contribution in [0.4, 0.5) is 0 Å². The van der Waals surface area contributed by atoms with Gasteiger partial charge in [0.15, 0.2) is 0 Å². The van der Waals surface area contributed by atoms with E-state index in [1.165, 1.54) is 10.5 Å². The van der Waals surface area contributed by atoms with Crippen molar-refractivity contribution in [2.45, 2.75) is 39.5 Å². The van der Waals surface area contributed by atoms with E-state index in [1.54, 1.807) is 24.3 Å². The zero-order valence-electron chi connectivity index (χ0n) is 12.2. The van der Waals surface area contributed by atoms with Crippen molar-refractivity contribution in [2.24, 2.45) is 0 Å². The summed E-state index contributed by atoms with van der Waals surface area (Å²) in [7, 11) is 0. The van der Waals surface area contributed by atoms with E-state index in [0.717, 1.165) is 25.7 Å². The van der Waals surface area contributed by atoms with Crippen LogP contribution >= 0.6 is 0 Å². The highest BCUT2D eigenvalue weighted by Gasteiger charge is 2.34. The number of carbonyl (C=O) groups is 2. The fourth-order valence-corrected chi connectivity index (χ4v) is 2.42. The van der Waals surface area contributed by atoms with Gasteiger partial charge >= 0.3 is 0 Å². The zero-order valence-corrected chi connectivity index (χ0v) is 12.2. The minimum absolute atomic E-state index is 0.144. The number of allylic oxidation sites excluding steroid dienone is 2. The summed E-state index contributed by atoms with van der Waals surface area (Å²) in [5.41, 5.74) is 2.43. The summed E-state index contributed by atoms with van der Waals surface area (Å²) < 4.78 is 0. The summed E-state index contributed by atoms with van der Waals surface area (Å²) in [5.74, 6) is -0.287. The van der Waals surface area contributed by atoms with Crippen molar-refractivity contribution >= 4 is 11.8 Å². The Morgan fingerprint density at radius 2 is 1.60 bits per heavy atom. The molecule has 3 nitrogen and oxygen atoms in total. The first-order valence-corrected chi connectivity index (χ1v) is 7.20. The molecule has 1 aromatic rings. The minimum Gasteiger partial charge on any atom is -0.274 e. The molecular formula is C17H21NO2. The first kappa shape index (κ1) is 14.5. The predicted octanol–water partition coefficient (Wildman–Crippen LogP) is 3.81. The Morgan fingerprint density at radius 1 is 1.00 bits per heavy atom. The van der Waals surface area contributed by atoms with Crippen molar-refractivity contribution < 1.29 is 9.59 Å². The number of imide groups is 1. The molecule has 2 amide bonds. The van der Waals surface area contributed by atoms with Gasteiger partial charge in [0.05, 0.1) is 11.1 Å². The Hall–Kier alpha value is -1.90. The molecule has 0 fully saturated rings. The molecule has 1 aliphatic heterocycles. The number of hydrogen-bond acceptors (Lipinski definition) is 2. The maximum Gasteiger partial charge on any atom is 0.261 e. The van der Waals surface area contributed by atoms with Crippen LogP contribution in [-0.2, 0) is 0 Å². The highest BCUT2D eigenvalue weighted by atomic mass is 16.2. The quantitative estimate of drug-likeness (QED) is 0.448. The van der Waals surface area contributed by atoms with E-state index in [-0.39, 0.29) is 11.8 Å². The van der Waals surface area contributed by atoms with Gasteiger partial charge in [-0.1, -0.05) is 30.2 Å². The third-order valence-corrected chi connectivity index (χ3v) is 3.52. The fourth-order valence-electron chi connectivity index (χ4n) is 2.42. The van der Waals surface area contributed by atoms with E-state index < -0.39 is 0 Å². The lowest BCUT2D eigenvalue weighted by atomic mass is 10.1. The highest BCUT2D eigenvalue weighted by molar-refractivity contribution is 6.21. The Balaban J connectivity index is 1.82. The maximum absolute atomic E-state index is 12.1. The van der Waals surface area contributed by atoms with Gasteiger partial charge in [-0.15, -0.1) is 0 Å². The molecule has 2 rings (SSSR count). The number of amides is 2. The van der Waals surface area contributed by atoms with Crippen molar-refractivity contribution in [3.05, 3.63) is 47.0 Å². The van der Waals surface area contributed by atoms with E-state index in [9.17, 15) is 9.59 Å². The molecule has 20 heavy (non-hydrogen) atoms. The standard InChI is InChI=1S/C17H21NO2/c1-13(2)9-5-3-4-8-12-18-16(19)14-10-6-7-11-15(14)17(18)20/h6-7,9-11H,3-5,8,12H2,1-2H3.